The van der Waals surface area contributed by atoms with Gasteiger partial charge in [-0.2, -0.15) is 0 Å². The van der Waals surface area contributed by atoms with Gasteiger partial charge in [0.15, 0.2) is 12.1 Å². The van der Waals surface area contributed by atoms with Gasteiger partial charge in [-0.1, -0.05) is 69.6 Å². The number of allylic oxidation sites excluding steroid dienone is 2. The molecule has 0 amide bonds. The fraction of sp³-hybridized carbons (Fsp3) is 0.744. The average molecular weight is 755 g/mol. The van der Waals surface area contributed by atoms with Gasteiger partial charge in [-0.05, 0) is 68.7 Å². The van der Waals surface area contributed by atoms with Crippen molar-refractivity contribution in [2.45, 2.75) is 165 Å². The summed E-state index contributed by atoms with van der Waals surface area (Å²) in [6.07, 6.45) is 15.5. The smallest absolute Gasteiger partial charge is 0.316 e. The van der Waals surface area contributed by atoms with E-state index in [0.717, 1.165) is 18.4 Å². The summed E-state index contributed by atoms with van der Waals surface area (Å²) in [6, 6.07) is 0. The quantitative estimate of drug-likeness (QED) is 0.252. The molecule has 3 saturated heterocycles. The molecule has 15 atom stereocenters. The minimum absolute atomic E-state index is 0.00602. The summed E-state index contributed by atoms with van der Waals surface area (Å²) in [6.45, 7) is 9.92. The molecule has 5 aliphatic heterocycles. The highest BCUT2D eigenvalue weighted by atomic mass is 16.7. The Morgan fingerprint density at radius 2 is 1.72 bits per heavy atom. The van der Waals surface area contributed by atoms with Crippen LogP contribution in [0, 0.1) is 23.7 Å². The summed E-state index contributed by atoms with van der Waals surface area (Å²) in [5.74, 6) is -2.20. The Morgan fingerprint density at radius 3 is 2.48 bits per heavy atom. The fourth-order valence-electron chi connectivity index (χ4n) is 9.99. The highest BCUT2D eigenvalue weighted by Crippen LogP contribution is 2.47. The Labute approximate surface area is 320 Å². The molecule has 0 aromatic heterocycles. The van der Waals surface area contributed by atoms with Gasteiger partial charge in [-0.15, -0.1) is 0 Å². The van der Waals surface area contributed by atoms with Gasteiger partial charge in [0.25, 0.3) is 0 Å². The van der Waals surface area contributed by atoms with Crippen molar-refractivity contribution in [2.75, 3.05) is 13.7 Å². The molecule has 5 heterocycles. The third kappa shape index (κ3) is 7.87. The maximum absolute atomic E-state index is 14.3. The van der Waals surface area contributed by atoms with Crippen LogP contribution in [0.1, 0.15) is 92.4 Å². The van der Waals surface area contributed by atoms with Crippen LogP contribution < -0.4 is 0 Å². The lowest BCUT2D eigenvalue weighted by atomic mass is 9.71. The van der Waals surface area contributed by atoms with E-state index in [-0.39, 0.29) is 30.7 Å². The van der Waals surface area contributed by atoms with E-state index in [4.69, 9.17) is 33.2 Å². The molecule has 8 unspecified atom stereocenters. The molecular weight excluding hydrogens is 692 g/mol. The molecule has 300 valence electrons. The van der Waals surface area contributed by atoms with Crippen LogP contribution >= 0.6 is 0 Å². The molecule has 2 bridgehead atoms. The number of aliphatic hydroxyl groups is 3. The van der Waals surface area contributed by atoms with E-state index in [1.54, 1.807) is 26.2 Å². The summed E-state index contributed by atoms with van der Waals surface area (Å²) in [4.78, 5) is 14.3. The van der Waals surface area contributed by atoms with Gasteiger partial charge in [-0.3, -0.25) is 4.79 Å². The zero-order valence-corrected chi connectivity index (χ0v) is 32.8. The van der Waals surface area contributed by atoms with Gasteiger partial charge in [-0.25, -0.2) is 0 Å². The molecule has 7 aliphatic rings. The molecule has 7 rings (SSSR count). The van der Waals surface area contributed by atoms with Crippen LogP contribution in [0.4, 0.5) is 0 Å². The Bertz CT molecular complexity index is 1510. The topological polar surface area (TPSA) is 142 Å². The number of ether oxygens (including phenoxy) is 7. The van der Waals surface area contributed by atoms with Gasteiger partial charge < -0.3 is 48.5 Å². The lowest BCUT2D eigenvalue weighted by Gasteiger charge is -2.49. The molecule has 54 heavy (non-hydrogen) atoms. The standard InChI is InChI=1S/C43H62O11/c1-24-11-10-14-30-23-49-40-36(44)27(4)19-33(43(30,40)47)41(46)51-32-20-31(16-15-25(2)38(24)52-35-21-34(48-6)37(45)28(5)50-35)53-42(22-32)18-17-26(3)39(54-42)29-12-8-7-9-13-29/h10-11,14-15,17-19,24,26,28-29,31-40,44-45,47H,7-9,12-13,16,20-23H2,1-6H3/b11-10+,25-15+,30-14+/t24-,26-,28?,31+,32?,33?,34?,35?,36?,37?,38-,39?,40+,42+,43+/m0/s1. The first-order valence-electron chi connectivity index (χ1n) is 20.3. The van der Waals surface area contributed by atoms with Crippen LogP contribution in [0.3, 0.4) is 0 Å². The second kappa shape index (κ2) is 16.3. The van der Waals surface area contributed by atoms with Crippen molar-refractivity contribution >= 4 is 5.97 Å². The molecule has 1 spiro atoms. The molecule has 3 N–H and O–H groups in total. The van der Waals surface area contributed by atoms with Crippen molar-refractivity contribution in [2.24, 2.45) is 23.7 Å². The minimum Gasteiger partial charge on any atom is -0.462 e. The van der Waals surface area contributed by atoms with Crippen molar-refractivity contribution in [3.05, 3.63) is 59.3 Å². The predicted octanol–water partition coefficient (Wildman–Crippen LogP) is 5.38. The number of carbonyl (C=O) groups excluding carboxylic acids is 1. The van der Waals surface area contributed by atoms with Gasteiger partial charge in [0.1, 0.15) is 35.9 Å². The van der Waals surface area contributed by atoms with Crippen molar-refractivity contribution in [1.29, 1.82) is 0 Å². The van der Waals surface area contributed by atoms with Crippen molar-refractivity contribution < 1.29 is 53.3 Å². The van der Waals surface area contributed by atoms with Crippen molar-refractivity contribution in [3.8, 4) is 0 Å². The maximum atomic E-state index is 14.3. The average Bonchev–Trinajstić information content (AvgIpc) is 3.49. The molecular formula is C43H62O11. The van der Waals surface area contributed by atoms with Crippen LogP contribution in [0.15, 0.2) is 59.3 Å². The first-order valence-corrected chi connectivity index (χ1v) is 20.3. The summed E-state index contributed by atoms with van der Waals surface area (Å²) in [5.41, 5.74) is 0.217. The molecule has 11 nitrogen and oxygen atoms in total. The molecule has 1 saturated carbocycles. The molecule has 0 aromatic carbocycles. The molecule has 2 aliphatic carbocycles. The van der Waals surface area contributed by atoms with E-state index in [2.05, 4.69) is 26.0 Å². The lowest BCUT2D eigenvalue weighted by molar-refractivity contribution is -0.301. The van der Waals surface area contributed by atoms with Crippen LogP contribution in [0.25, 0.3) is 0 Å². The molecule has 0 radical (unpaired) electrons. The van der Waals surface area contributed by atoms with E-state index in [0.29, 0.717) is 42.7 Å². The summed E-state index contributed by atoms with van der Waals surface area (Å²) in [7, 11) is 1.59. The number of hydrogen-bond donors (Lipinski definition) is 3. The van der Waals surface area contributed by atoms with Crippen LogP contribution in [-0.2, 0) is 38.0 Å². The van der Waals surface area contributed by atoms with E-state index in [9.17, 15) is 20.1 Å². The first-order chi connectivity index (χ1) is 25.8. The van der Waals surface area contributed by atoms with Crippen molar-refractivity contribution in [3.63, 3.8) is 0 Å². The highest BCUT2D eigenvalue weighted by molar-refractivity contribution is 5.78. The van der Waals surface area contributed by atoms with Crippen LogP contribution in [0.5, 0.6) is 0 Å². The first kappa shape index (κ1) is 40.0. The zero-order valence-electron chi connectivity index (χ0n) is 32.8. The number of rotatable bonds is 4. The third-order valence-corrected chi connectivity index (χ3v) is 13.2. The second-order valence-corrected chi connectivity index (χ2v) is 17.1. The number of hydrogen-bond acceptors (Lipinski definition) is 11. The number of carbonyl (C=O) groups is 1. The fourth-order valence-corrected chi connectivity index (χ4v) is 9.99. The summed E-state index contributed by atoms with van der Waals surface area (Å²) < 4.78 is 44.8. The van der Waals surface area contributed by atoms with Gasteiger partial charge in [0.2, 0.25) is 0 Å². The van der Waals surface area contributed by atoms with Gasteiger partial charge in [0.05, 0.1) is 37.1 Å². The Hall–Kier alpha value is -2.19. The highest BCUT2D eigenvalue weighted by Gasteiger charge is 2.60. The lowest BCUT2D eigenvalue weighted by Crippen LogP contribution is -2.58. The zero-order chi connectivity index (χ0) is 38.4. The number of aliphatic hydroxyl groups excluding tert-OH is 2. The SMILES string of the molecule is COC1CC(O[C@@H]2/C(C)=C/C[C@@H]3CC(C[C@]4(C=C[C@H](C)C(C5CCCCC5)O4)O3)OC(=O)C3C=C(C)C(O)[C@H]4OC/C(=C\C=C\[C@@H]2C)[C@@]34O)OC(C)C1O. The van der Waals surface area contributed by atoms with Crippen molar-refractivity contribution in [1.82, 2.24) is 0 Å². The van der Waals surface area contributed by atoms with E-state index in [1.807, 2.05) is 32.1 Å². The Balaban J connectivity index is 1.24. The maximum Gasteiger partial charge on any atom is 0.316 e. The Kier molecular flexibility index (Phi) is 12.1. The predicted molar refractivity (Wildman–Crippen MR) is 200 cm³/mol. The molecule has 11 heteroatoms. The number of methoxy groups -OCH3 is 1. The Morgan fingerprint density at radius 1 is 0.944 bits per heavy atom. The second-order valence-electron chi connectivity index (χ2n) is 17.1. The van der Waals surface area contributed by atoms with Gasteiger partial charge in [0, 0.05) is 38.2 Å². The summed E-state index contributed by atoms with van der Waals surface area (Å²) >= 11 is 0. The van der Waals surface area contributed by atoms with Gasteiger partial charge >= 0.3 is 5.97 Å². The third-order valence-electron chi connectivity index (χ3n) is 13.2. The largest absolute Gasteiger partial charge is 0.462 e. The van der Waals surface area contributed by atoms with Crippen LogP contribution in [-0.4, -0.2) is 108 Å². The molecule has 0 aromatic rings. The molecule has 4 fully saturated rings. The van der Waals surface area contributed by atoms with E-state index < -0.39 is 72.3 Å². The minimum atomic E-state index is -1.81. The van der Waals surface area contributed by atoms with Crippen LogP contribution in [0.2, 0.25) is 0 Å². The number of esters is 1. The summed E-state index contributed by atoms with van der Waals surface area (Å²) in [5, 5.41) is 34.2. The normalized spacial score (nSPS) is 48.9. The monoisotopic (exact) mass is 754 g/mol. The van der Waals surface area contributed by atoms with E-state index in [1.165, 1.54) is 19.3 Å². The number of fused-ring (bicyclic) bond motifs is 2. The van der Waals surface area contributed by atoms with E-state index >= 15 is 0 Å².